The summed E-state index contributed by atoms with van der Waals surface area (Å²) in [6.07, 6.45) is 0. The molecule has 0 aliphatic carbocycles. The number of benzene rings is 2. The molecule has 0 atom stereocenters. The van der Waals surface area contributed by atoms with Gasteiger partial charge in [-0.15, -0.1) is 0 Å². The standard InChI is InChI=1S/C15H12BrClINO/c1-19(9-10-2-5-12(17)6-3-10)15(20)13-8-11(16)4-7-14(13)18/h2-8H,9H2,1H3. The Morgan fingerprint density at radius 3 is 2.55 bits per heavy atom. The highest BCUT2D eigenvalue weighted by Crippen LogP contribution is 2.20. The normalized spacial score (nSPS) is 10.4. The first-order valence-electron chi connectivity index (χ1n) is 5.92. The van der Waals surface area contributed by atoms with Crippen LogP contribution in [-0.4, -0.2) is 17.9 Å². The molecular formula is C15H12BrClINO. The van der Waals surface area contributed by atoms with Crippen molar-refractivity contribution in [1.29, 1.82) is 0 Å². The van der Waals surface area contributed by atoms with Crippen LogP contribution in [0.1, 0.15) is 15.9 Å². The average Bonchev–Trinajstić information content (AvgIpc) is 2.43. The minimum atomic E-state index is 0.00523. The number of halogens is 3. The van der Waals surface area contributed by atoms with Crippen molar-refractivity contribution in [3.05, 3.63) is 66.7 Å². The van der Waals surface area contributed by atoms with Gasteiger partial charge in [0.2, 0.25) is 0 Å². The van der Waals surface area contributed by atoms with Gasteiger partial charge in [0.15, 0.2) is 0 Å². The summed E-state index contributed by atoms with van der Waals surface area (Å²) in [6, 6.07) is 13.2. The number of rotatable bonds is 3. The number of hydrogen-bond acceptors (Lipinski definition) is 1. The van der Waals surface area contributed by atoms with Crippen LogP contribution in [-0.2, 0) is 6.54 Å². The molecule has 104 valence electrons. The second-order valence-corrected chi connectivity index (χ2v) is 6.93. The van der Waals surface area contributed by atoms with E-state index in [0.717, 1.165) is 13.6 Å². The van der Waals surface area contributed by atoms with Gasteiger partial charge in [-0.1, -0.05) is 39.7 Å². The molecule has 0 aromatic heterocycles. The number of nitrogens with zero attached hydrogens (tertiary/aromatic N) is 1. The molecule has 0 heterocycles. The Kier molecular flexibility index (Phi) is 5.46. The smallest absolute Gasteiger partial charge is 0.255 e. The lowest BCUT2D eigenvalue weighted by Gasteiger charge is -2.18. The van der Waals surface area contributed by atoms with Crippen LogP contribution >= 0.6 is 50.1 Å². The van der Waals surface area contributed by atoms with Crippen LogP contribution in [0.25, 0.3) is 0 Å². The fraction of sp³-hybridized carbons (Fsp3) is 0.133. The van der Waals surface area contributed by atoms with Crippen LogP contribution in [0.3, 0.4) is 0 Å². The van der Waals surface area contributed by atoms with Gasteiger partial charge in [0.05, 0.1) is 5.56 Å². The first kappa shape index (κ1) is 15.8. The van der Waals surface area contributed by atoms with Gasteiger partial charge in [0.1, 0.15) is 0 Å². The van der Waals surface area contributed by atoms with Crippen LogP contribution in [0, 0.1) is 3.57 Å². The zero-order valence-corrected chi connectivity index (χ0v) is 15.2. The van der Waals surface area contributed by atoms with Crippen molar-refractivity contribution in [2.24, 2.45) is 0 Å². The lowest BCUT2D eigenvalue weighted by molar-refractivity contribution is 0.0784. The zero-order chi connectivity index (χ0) is 14.7. The van der Waals surface area contributed by atoms with Gasteiger partial charge in [-0.3, -0.25) is 4.79 Å². The molecule has 0 spiro atoms. The summed E-state index contributed by atoms with van der Waals surface area (Å²) in [6.45, 7) is 0.554. The van der Waals surface area contributed by atoms with Crippen molar-refractivity contribution in [3.8, 4) is 0 Å². The van der Waals surface area contributed by atoms with Gasteiger partial charge in [0.25, 0.3) is 5.91 Å². The summed E-state index contributed by atoms with van der Waals surface area (Å²) < 4.78 is 1.85. The Hall–Kier alpha value is -0.590. The molecule has 0 fully saturated rings. The predicted octanol–water partition coefficient (Wildman–Crippen LogP) is 4.98. The van der Waals surface area contributed by atoms with Crippen molar-refractivity contribution in [2.45, 2.75) is 6.54 Å². The van der Waals surface area contributed by atoms with Gasteiger partial charge in [-0.2, -0.15) is 0 Å². The Morgan fingerprint density at radius 1 is 1.25 bits per heavy atom. The molecular weight excluding hydrogens is 452 g/mol. The average molecular weight is 465 g/mol. The molecule has 0 saturated carbocycles. The first-order valence-corrected chi connectivity index (χ1v) is 8.17. The lowest BCUT2D eigenvalue weighted by Crippen LogP contribution is -2.26. The van der Waals surface area contributed by atoms with Gasteiger partial charge in [-0.05, 0) is 58.5 Å². The van der Waals surface area contributed by atoms with Gasteiger partial charge < -0.3 is 4.90 Å². The van der Waals surface area contributed by atoms with E-state index in [0.29, 0.717) is 17.1 Å². The fourth-order valence-electron chi connectivity index (χ4n) is 1.80. The highest BCUT2D eigenvalue weighted by Gasteiger charge is 2.15. The molecule has 0 saturated heterocycles. The maximum Gasteiger partial charge on any atom is 0.255 e. The minimum absolute atomic E-state index is 0.00523. The van der Waals surface area contributed by atoms with Gasteiger partial charge in [-0.25, -0.2) is 0 Å². The third-order valence-electron chi connectivity index (χ3n) is 2.84. The van der Waals surface area contributed by atoms with E-state index in [1.165, 1.54) is 0 Å². The molecule has 20 heavy (non-hydrogen) atoms. The fourth-order valence-corrected chi connectivity index (χ4v) is 2.86. The number of carbonyl (C=O) groups excluding carboxylic acids is 1. The van der Waals surface area contributed by atoms with Gasteiger partial charge in [0, 0.05) is 26.7 Å². The van der Waals surface area contributed by atoms with Crippen molar-refractivity contribution in [2.75, 3.05) is 7.05 Å². The molecule has 0 bridgehead atoms. The molecule has 2 aromatic carbocycles. The summed E-state index contributed by atoms with van der Waals surface area (Å²) >= 11 is 11.4. The quantitative estimate of drug-likeness (QED) is 0.587. The van der Waals surface area contributed by atoms with Crippen LogP contribution in [0.4, 0.5) is 0 Å². The number of carbonyl (C=O) groups is 1. The van der Waals surface area contributed by atoms with E-state index in [1.54, 1.807) is 11.9 Å². The highest BCUT2D eigenvalue weighted by molar-refractivity contribution is 14.1. The van der Waals surface area contributed by atoms with Crippen molar-refractivity contribution in [1.82, 2.24) is 4.90 Å². The Labute approximate surface area is 145 Å². The maximum atomic E-state index is 12.5. The van der Waals surface area contributed by atoms with Crippen molar-refractivity contribution >= 4 is 56.0 Å². The summed E-state index contributed by atoms with van der Waals surface area (Å²) in [5.74, 6) is 0.00523. The van der Waals surface area contributed by atoms with E-state index in [9.17, 15) is 4.79 Å². The molecule has 1 amide bonds. The topological polar surface area (TPSA) is 20.3 Å². The van der Waals surface area contributed by atoms with E-state index in [-0.39, 0.29) is 5.91 Å². The zero-order valence-electron chi connectivity index (χ0n) is 10.7. The third kappa shape index (κ3) is 3.96. The summed E-state index contributed by atoms with van der Waals surface area (Å²) in [4.78, 5) is 14.2. The molecule has 0 N–H and O–H groups in total. The van der Waals surface area contributed by atoms with Crippen molar-refractivity contribution in [3.63, 3.8) is 0 Å². The van der Waals surface area contributed by atoms with E-state index in [4.69, 9.17) is 11.6 Å². The molecule has 2 nitrogen and oxygen atoms in total. The van der Waals surface area contributed by atoms with E-state index in [1.807, 2.05) is 42.5 Å². The van der Waals surface area contributed by atoms with Crippen molar-refractivity contribution < 1.29 is 4.79 Å². The third-order valence-corrected chi connectivity index (χ3v) is 4.52. The Bertz CT molecular complexity index is 630. The maximum absolute atomic E-state index is 12.5. The van der Waals surface area contributed by atoms with Gasteiger partial charge >= 0.3 is 0 Å². The summed E-state index contributed by atoms with van der Waals surface area (Å²) in [5.41, 5.74) is 1.76. The molecule has 2 aromatic rings. The monoisotopic (exact) mass is 463 g/mol. The van der Waals surface area contributed by atoms with E-state index >= 15 is 0 Å². The minimum Gasteiger partial charge on any atom is -0.337 e. The number of hydrogen-bond donors (Lipinski definition) is 0. The second kappa shape index (κ2) is 6.91. The molecule has 0 radical (unpaired) electrons. The number of amides is 1. The molecule has 2 rings (SSSR count). The molecule has 0 aliphatic rings. The SMILES string of the molecule is CN(Cc1ccc(Cl)cc1)C(=O)c1cc(Br)ccc1I. The van der Waals surface area contributed by atoms with Crippen LogP contribution in [0.15, 0.2) is 46.9 Å². The van der Waals surface area contributed by atoms with Crippen LogP contribution in [0.5, 0.6) is 0 Å². The summed E-state index contributed by atoms with van der Waals surface area (Å²) in [7, 11) is 1.80. The first-order chi connectivity index (χ1) is 9.47. The predicted molar refractivity (Wildman–Crippen MR) is 94.1 cm³/mol. The largest absolute Gasteiger partial charge is 0.337 e. The highest BCUT2D eigenvalue weighted by atomic mass is 127. The molecule has 5 heteroatoms. The Balaban J connectivity index is 2.16. The van der Waals surface area contributed by atoms with E-state index < -0.39 is 0 Å². The molecule has 0 unspecified atom stereocenters. The summed E-state index contributed by atoms with van der Waals surface area (Å²) in [5, 5.41) is 0.698. The molecule has 0 aliphatic heterocycles. The second-order valence-electron chi connectivity index (χ2n) is 4.41. The Morgan fingerprint density at radius 2 is 1.90 bits per heavy atom. The lowest BCUT2D eigenvalue weighted by atomic mass is 10.1. The van der Waals surface area contributed by atoms with Crippen LogP contribution < -0.4 is 0 Å². The van der Waals surface area contributed by atoms with Crippen LogP contribution in [0.2, 0.25) is 5.02 Å². The van der Waals surface area contributed by atoms with E-state index in [2.05, 4.69) is 38.5 Å².